The van der Waals surface area contributed by atoms with E-state index in [1.165, 1.54) is 18.4 Å². The molecular weight excluding hydrogens is 270 g/mol. The lowest BCUT2D eigenvalue weighted by Gasteiger charge is -2.12. The Labute approximate surface area is 111 Å². The number of thiophene rings is 1. The number of nitrogens with one attached hydrogen (secondary N) is 1. The third-order valence-electron chi connectivity index (χ3n) is 2.59. The standard InChI is InChI=1S/C11H15N3O2S2/c1-14(2)18(15,16)8-6-13-11-9-4-7-17-10(9)3-5-12-11/h3-5,7H,6,8H2,1-2H3,(H,12,13). The van der Waals surface area contributed by atoms with E-state index in [-0.39, 0.29) is 5.75 Å². The van der Waals surface area contributed by atoms with E-state index in [9.17, 15) is 8.42 Å². The summed E-state index contributed by atoms with van der Waals surface area (Å²) >= 11 is 1.64. The van der Waals surface area contributed by atoms with Crippen LogP contribution in [0, 0.1) is 0 Å². The van der Waals surface area contributed by atoms with Gasteiger partial charge in [-0.05, 0) is 17.5 Å². The first kappa shape index (κ1) is 13.3. The molecule has 0 fully saturated rings. The van der Waals surface area contributed by atoms with Gasteiger partial charge < -0.3 is 5.32 Å². The average molecular weight is 285 g/mol. The van der Waals surface area contributed by atoms with Crippen molar-refractivity contribution in [1.29, 1.82) is 0 Å². The molecule has 0 bridgehead atoms. The normalized spacial score (nSPS) is 12.2. The molecule has 0 spiro atoms. The summed E-state index contributed by atoms with van der Waals surface area (Å²) in [6, 6.07) is 3.93. The number of anilines is 1. The van der Waals surface area contributed by atoms with E-state index < -0.39 is 10.0 Å². The van der Waals surface area contributed by atoms with Crippen molar-refractivity contribution in [3.63, 3.8) is 0 Å². The number of pyridine rings is 1. The maximum absolute atomic E-state index is 11.6. The van der Waals surface area contributed by atoms with Crippen molar-refractivity contribution in [2.24, 2.45) is 0 Å². The van der Waals surface area contributed by atoms with Crippen molar-refractivity contribution in [2.75, 3.05) is 31.7 Å². The summed E-state index contributed by atoms with van der Waals surface area (Å²) in [4.78, 5) is 4.23. The van der Waals surface area contributed by atoms with Crippen LogP contribution in [0.2, 0.25) is 0 Å². The largest absolute Gasteiger partial charge is 0.368 e. The Morgan fingerprint density at radius 1 is 1.39 bits per heavy atom. The molecule has 1 N–H and O–H groups in total. The SMILES string of the molecule is CN(C)S(=O)(=O)CCNc1nccc2sccc12. The Balaban J connectivity index is 2.05. The van der Waals surface area contributed by atoms with Crippen LogP contribution >= 0.6 is 11.3 Å². The minimum atomic E-state index is -3.16. The molecule has 0 aliphatic rings. The first-order valence-electron chi connectivity index (χ1n) is 5.47. The average Bonchev–Trinajstić information content (AvgIpc) is 2.77. The van der Waals surface area contributed by atoms with Gasteiger partial charge in [0.2, 0.25) is 10.0 Å². The highest BCUT2D eigenvalue weighted by Gasteiger charge is 2.13. The van der Waals surface area contributed by atoms with Gasteiger partial charge in [0.05, 0.1) is 5.75 Å². The lowest BCUT2D eigenvalue weighted by atomic mass is 10.3. The van der Waals surface area contributed by atoms with E-state index in [0.29, 0.717) is 6.54 Å². The predicted octanol–water partition coefficient (Wildman–Crippen LogP) is 1.60. The van der Waals surface area contributed by atoms with Crippen LogP contribution in [-0.4, -0.2) is 44.1 Å². The van der Waals surface area contributed by atoms with Crippen molar-refractivity contribution in [3.8, 4) is 0 Å². The zero-order valence-electron chi connectivity index (χ0n) is 10.3. The van der Waals surface area contributed by atoms with Crippen LogP contribution in [0.25, 0.3) is 10.1 Å². The van der Waals surface area contributed by atoms with Crippen LogP contribution < -0.4 is 5.32 Å². The molecule has 2 aromatic rings. The Kier molecular flexibility index (Phi) is 3.84. The van der Waals surface area contributed by atoms with Gasteiger partial charge in [-0.1, -0.05) is 0 Å². The smallest absolute Gasteiger partial charge is 0.215 e. The number of sulfonamides is 1. The minimum absolute atomic E-state index is 0.0577. The molecule has 0 saturated carbocycles. The van der Waals surface area contributed by atoms with Crippen LogP contribution in [-0.2, 0) is 10.0 Å². The van der Waals surface area contributed by atoms with Crippen LogP contribution in [0.1, 0.15) is 0 Å². The molecule has 0 aromatic carbocycles. The second-order valence-electron chi connectivity index (χ2n) is 4.02. The number of fused-ring (bicyclic) bond motifs is 1. The number of rotatable bonds is 5. The predicted molar refractivity (Wildman–Crippen MR) is 75.6 cm³/mol. The van der Waals surface area contributed by atoms with Gasteiger partial charge in [-0.2, -0.15) is 0 Å². The fourth-order valence-electron chi connectivity index (χ4n) is 1.52. The zero-order chi connectivity index (χ0) is 13.2. The van der Waals surface area contributed by atoms with Gasteiger partial charge in [0, 0.05) is 36.9 Å². The molecule has 0 saturated heterocycles. The van der Waals surface area contributed by atoms with Crippen LogP contribution in [0.3, 0.4) is 0 Å². The van der Waals surface area contributed by atoms with Crippen molar-refractivity contribution >= 4 is 37.3 Å². The molecule has 0 unspecified atom stereocenters. The van der Waals surface area contributed by atoms with Gasteiger partial charge in [0.25, 0.3) is 0 Å². The van der Waals surface area contributed by atoms with Crippen molar-refractivity contribution in [3.05, 3.63) is 23.7 Å². The minimum Gasteiger partial charge on any atom is -0.368 e. The third-order valence-corrected chi connectivity index (χ3v) is 5.30. The molecule has 2 aromatic heterocycles. The first-order chi connectivity index (χ1) is 8.50. The number of hydrogen-bond donors (Lipinski definition) is 1. The second-order valence-corrected chi connectivity index (χ2v) is 7.27. The van der Waals surface area contributed by atoms with Crippen LogP contribution in [0.4, 0.5) is 5.82 Å². The summed E-state index contributed by atoms with van der Waals surface area (Å²) in [5.74, 6) is 0.796. The summed E-state index contributed by atoms with van der Waals surface area (Å²) in [6.07, 6.45) is 1.72. The molecule has 0 aliphatic heterocycles. The summed E-state index contributed by atoms with van der Waals surface area (Å²) in [6.45, 7) is 0.350. The quantitative estimate of drug-likeness (QED) is 0.906. The zero-order valence-corrected chi connectivity index (χ0v) is 11.9. The lowest BCUT2D eigenvalue weighted by molar-refractivity contribution is 0.521. The molecule has 5 nitrogen and oxygen atoms in total. The van der Waals surface area contributed by atoms with Gasteiger partial charge >= 0.3 is 0 Å². The lowest BCUT2D eigenvalue weighted by Crippen LogP contribution is -2.28. The third kappa shape index (κ3) is 2.80. The van der Waals surface area contributed by atoms with E-state index in [2.05, 4.69) is 10.3 Å². The van der Waals surface area contributed by atoms with Gasteiger partial charge in [0.1, 0.15) is 5.82 Å². The Morgan fingerprint density at radius 3 is 2.89 bits per heavy atom. The van der Waals surface area contributed by atoms with Crippen molar-refractivity contribution in [2.45, 2.75) is 0 Å². The highest BCUT2D eigenvalue weighted by atomic mass is 32.2. The van der Waals surface area contributed by atoms with E-state index in [4.69, 9.17) is 0 Å². The van der Waals surface area contributed by atoms with Gasteiger partial charge in [-0.15, -0.1) is 11.3 Å². The molecule has 98 valence electrons. The molecule has 2 heterocycles. The number of nitrogens with zero attached hydrogens (tertiary/aromatic N) is 2. The molecule has 0 amide bonds. The Morgan fingerprint density at radius 2 is 2.17 bits per heavy atom. The Hall–Kier alpha value is -1.18. The highest BCUT2D eigenvalue weighted by molar-refractivity contribution is 7.89. The first-order valence-corrected chi connectivity index (χ1v) is 7.96. The van der Waals surface area contributed by atoms with E-state index in [1.807, 2.05) is 17.5 Å². The molecule has 7 heteroatoms. The van der Waals surface area contributed by atoms with E-state index >= 15 is 0 Å². The van der Waals surface area contributed by atoms with Crippen LogP contribution in [0.5, 0.6) is 0 Å². The van der Waals surface area contributed by atoms with Gasteiger partial charge in [-0.3, -0.25) is 0 Å². The molecular formula is C11H15N3O2S2. The Bertz CT molecular complexity index is 635. The topological polar surface area (TPSA) is 62.3 Å². The fourth-order valence-corrected chi connectivity index (χ4v) is 3.02. The molecule has 0 radical (unpaired) electrons. The highest BCUT2D eigenvalue weighted by Crippen LogP contribution is 2.25. The molecule has 18 heavy (non-hydrogen) atoms. The molecule has 2 rings (SSSR count). The maximum Gasteiger partial charge on any atom is 0.215 e. The fraction of sp³-hybridized carbons (Fsp3) is 0.364. The maximum atomic E-state index is 11.6. The van der Waals surface area contributed by atoms with Crippen LogP contribution in [0.15, 0.2) is 23.7 Å². The second kappa shape index (κ2) is 5.21. The molecule has 0 aliphatic carbocycles. The number of aromatic nitrogens is 1. The monoisotopic (exact) mass is 285 g/mol. The van der Waals surface area contributed by atoms with Crippen molar-refractivity contribution < 1.29 is 8.42 Å². The van der Waals surface area contributed by atoms with Gasteiger partial charge in [-0.25, -0.2) is 17.7 Å². The summed E-state index contributed by atoms with van der Waals surface area (Å²) in [5.41, 5.74) is 0. The summed E-state index contributed by atoms with van der Waals surface area (Å²) < 4.78 is 25.6. The van der Waals surface area contributed by atoms with E-state index in [1.54, 1.807) is 17.5 Å². The van der Waals surface area contributed by atoms with E-state index in [0.717, 1.165) is 15.9 Å². The molecule has 0 atom stereocenters. The summed E-state index contributed by atoms with van der Waals surface area (Å²) in [5, 5.41) is 6.10. The number of hydrogen-bond acceptors (Lipinski definition) is 5. The summed E-state index contributed by atoms with van der Waals surface area (Å²) in [7, 11) is -0.0928. The van der Waals surface area contributed by atoms with Crippen molar-refractivity contribution in [1.82, 2.24) is 9.29 Å². The van der Waals surface area contributed by atoms with Gasteiger partial charge in [0.15, 0.2) is 0 Å².